The highest BCUT2D eigenvalue weighted by Crippen LogP contribution is 2.23. The predicted molar refractivity (Wildman–Crippen MR) is 86.4 cm³/mol. The van der Waals surface area contributed by atoms with Gasteiger partial charge in [-0.3, -0.25) is 4.79 Å². The standard InChI is InChI=1S/C15H21IN2O/c1-17-13-6-8-14(9-7-13)18(2)15(19)11-4-3-5-12(16)10-11/h3-5,10,13-14,17H,6-9H2,1-2H3. The Bertz CT molecular complexity index is 442. The van der Waals surface area contributed by atoms with Crippen molar-refractivity contribution in [1.82, 2.24) is 10.2 Å². The van der Waals surface area contributed by atoms with Gasteiger partial charge in [-0.25, -0.2) is 0 Å². The molecule has 1 aromatic rings. The lowest BCUT2D eigenvalue weighted by Crippen LogP contribution is -2.42. The van der Waals surface area contributed by atoms with Gasteiger partial charge >= 0.3 is 0 Å². The van der Waals surface area contributed by atoms with E-state index in [0.717, 1.165) is 34.8 Å². The summed E-state index contributed by atoms with van der Waals surface area (Å²) in [7, 11) is 3.96. The number of nitrogens with zero attached hydrogens (tertiary/aromatic N) is 1. The molecule has 104 valence electrons. The molecular weight excluding hydrogens is 351 g/mol. The van der Waals surface area contributed by atoms with Crippen molar-refractivity contribution in [3.05, 3.63) is 33.4 Å². The number of halogens is 1. The number of carbonyl (C=O) groups is 1. The SMILES string of the molecule is CNC1CCC(N(C)C(=O)c2cccc(I)c2)CC1. The Morgan fingerprint density at radius 2 is 2.00 bits per heavy atom. The summed E-state index contributed by atoms with van der Waals surface area (Å²) in [6, 6.07) is 8.82. The number of carbonyl (C=O) groups excluding carboxylic acids is 1. The zero-order chi connectivity index (χ0) is 13.8. The van der Waals surface area contributed by atoms with Crippen molar-refractivity contribution in [2.45, 2.75) is 37.8 Å². The zero-order valence-electron chi connectivity index (χ0n) is 11.5. The van der Waals surface area contributed by atoms with Crippen molar-refractivity contribution in [3.63, 3.8) is 0 Å². The normalized spacial score (nSPS) is 23.1. The van der Waals surface area contributed by atoms with Crippen molar-refractivity contribution in [2.75, 3.05) is 14.1 Å². The smallest absolute Gasteiger partial charge is 0.253 e. The molecule has 0 atom stereocenters. The lowest BCUT2D eigenvalue weighted by atomic mass is 9.90. The molecule has 1 aliphatic carbocycles. The van der Waals surface area contributed by atoms with Crippen LogP contribution in [-0.2, 0) is 0 Å². The first-order valence-electron chi connectivity index (χ1n) is 6.82. The van der Waals surface area contributed by atoms with Crippen LogP contribution >= 0.6 is 22.6 Å². The summed E-state index contributed by atoms with van der Waals surface area (Å²) in [5.74, 6) is 0.145. The van der Waals surface area contributed by atoms with E-state index in [1.807, 2.05) is 43.3 Å². The summed E-state index contributed by atoms with van der Waals surface area (Å²) in [5.41, 5.74) is 0.796. The first-order valence-corrected chi connectivity index (χ1v) is 7.89. The second-order valence-electron chi connectivity index (χ2n) is 5.22. The second kappa shape index (κ2) is 6.70. The number of benzene rings is 1. The van der Waals surface area contributed by atoms with Crippen molar-refractivity contribution < 1.29 is 4.79 Å². The minimum atomic E-state index is 0.145. The molecule has 2 rings (SSSR count). The summed E-state index contributed by atoms with van der Waals surface area (Å²) in [5, 5.41) is 3.33. The third-order valence-corrected chi connectivity index (χ3v) is 4.72. The summed E-state index contributed by atoms with van der Waals surface area (Å²) >= 11 is 2.25. The van der Waals surface area contributed by atoms with E-state index in [1.165, 1.54) is 0 Å². The second-order valence-corrected chi connectivity index (χ2v) is 6.47. The van der Waals surface area contributed by atoms with E-state index >= 15 is 0 Å². The molecular formula is C15H21IN2O. The van der Waals surface area contributed by atoms with E-state index in [1.54, 1.807) is 0 Å². The number of hydrogen-bond acceptors (Lipinski definition) is 2. The molecule has 1 aliphatic rings. The van der Waals surface area contributed by atoms with Gasteiger partial charge in [-0.15, -0.1) is 0 Å². The van der Waals surface area contributed by atoms with Crippen LogP contribution in [0.15, 0.2) is 24.3 Å². The van der Waals surface area contributed by atoms with Crippen LogP contribution in [0.25, 0.3) is 0 Å². The topological polar surface area (TPSA) is 32.3 Å². The molecule has 0 unspecified atom stereocenters. The van der Waals surface area contributed by atoms with Crippen molar-refractivity contribution in [1.29, 1.82) is 0 Å². The van der Waals surface area contributed by atoms with Crippen LogP contribution in [0.1, 0.15) is 36.0 Å². The maximum absolute atomic E-state index is 12.5. The highest BCUT2D eigenvalue weighted by molar-refractivity contribution is 14.1. The molecule has 0 aromatic heterocycles. The number of rotatable bonds is 3. The van der Waals surface area contributed by atoms with Gasteiger partial charge in [-0.05, 0) is 73.5 Å². The average molecular weight is 372 g/mol. The third kappa shape index (κ3) is 3.69. The summed E-state index contributed by atoms with van der Waals surface area (Å²) < 4.78 is 1.11. The van der Waals surface area contributed by atoms with Crippen LogP contribution in [0.5, 0.6) is 0 Å². The number of hydrogen-bond donors (Lipinski definition) is 1. The molecule has 0 heterocycles. The van der Waals surface area contributed by atoms with E-state index in [9.17, 15) is 4.79 Å². The molecule has 3 nitrogen and oxygen atoms in total. The Morgan fingerprint density at radius 1 is 1.32 bits per heavy atom. The number of amides is 1. The van der Waals surface area contributed by atoms with E-state index < -0.39 is 0 Å². The highest BCUT2D eigenvalue weighted by atomic mass is 127. The van der Waals surface area contributed by atoms with Crippen LogP contribution < -0.4 is 5.32 Å². The lowest BCUT2D eigenvalue weighted by Gasteiger charge is -2.34. The van der Waals surface area contributed by atoms with Gasteiger partial charge in [0, 0.05) is 28.3 Å². The minimum Gasteiger partial charge on any atom is -0.339 e. The highest BCUT2D eigenvalue weighted by Gasteiger charge is 2.26. The Balaban J connectivity index is 2.00. The van der Waals surface area contributed by atoms with Crippen molar-refractivity contribution in [3.8, 4) is 0 Å². The van der Waals surface area contributed by atoms with E-state index in [0.29, 0.717) is 12.1 Å². The first kappa shape index (κ1) is 14.8. The van der Waals surface area contributed by atoms with Crippen molar-refractivity contribution in [2.24, 2.45) is 0 Å². The number of nitrogens with one attached hydrogen (secondary N) is 1. The maximum Gasteiger partial charge on any atom is 0.253 e. The van der Waals surface area contributed by atoms with Crippen LogP contribution in [0.3, 0.4) is 0 Å². The zero-order valence-corrected chi connectivity index (χ0v) is 13.7. The fraction of sp³-hybridized carbons (Fsp3) is 0.533. The third-order valence-electron chi connectivity index (χ3n) is 4.04. The predicted octanol–water partition coefficient (Wildman–Crippen LogP) is 2.89. The minimum absolute atomic E-state index is 0.145. The molecule has 0 spiro atoms. The van der Waals surface area contributed by atoms with Crippen LogP contribution in [0, 0.1) is 3.57 Å². The summed E-state index contributed by atoms with van der Waals surface area (Å²) in [4.78, 5) is 14.4. The van der Waals surface area contributed by atoms with Crippen LogP contribution in [0.4, 0.5) is 0 Å². The summed E-state index contributed by atoms with van der Waals surface area (Å²) in [6.45, 7) is 0. The quantitative estimate of drug-likeness (QED) is 0.828. The van der Waals surface area contributed by atoms with E-state index in [4.69, 9.17) is 0 Å². The molecule has 1 amide bonds. The maximum atomic E-state index is 12.5. The van der Waals surface area contributed by atoms with Crippen LogP contribution in [0.2, 0.25) is 0 Å². The van der Waals surface area contributed by atoms with Gasteiger partial charge in [0.15, 0.2) is 0 Å². The van der Waals surface area contributed by atoms with Gasteiger partial charge in [-0.2, -0.15) is 0 Å². The van der Waals surface area contributed by atoms with Gasteiger partial charge in [0.2, 0.25) is 0 Å². The van der Waals surface area contributed by atoms with Crippen molar-refractivity contribution >= 4 is 28.5 Å². The van der Waals surface area contributed by atoms with Gasteiger partial charge < -0.3 is 10.2 Å². The van der Waals surface area contributed by atoms with Gasteiger partial charge in [0.1, 0.15) is 0 Å². The molecule has 0 bridgehead atoms. The molecule has 0 aliphatic heterocycles. The molecule has 1 N–H and O–H groups in total. The molecule has 0 saturated heterocycles. The fourth-order valence-electron chi connectivity index (χ4n) is 2.74. The monoisotopic (exact) mass is 372 g/mol. The molecule has 1 fully saturated rings. The molecule has 1 aromatic carbocycles. The first-order chi connectivity index (χ1) is 9.11. The van der Waals surface area contributed by atoms with Crippen LogP contribution in [-0.4, -0.2) is 37.0 Å². The van der Waals surface area contributed by atoms with E-state index in [2.05, 4.69) is 27.9 Å². The van der Waals surface area contributed by atoms with E-state index in [-0.39, 0.29) is 5.91 Å². The fourth-order valence-corrected chi connectivity index (χ4v) is 3.29. The largest absolute Gasteiger partial charge is 0.339 e. The summed E-state index contributed by atoms with van der Waals surface area (Å²) in [6.07, 6.45) is 4.51. The average Bonchev–Trinajstić information content (AvgIpc) is 2.46. The van der Waals surface area contributed by atoms with Gasteiger partial charge in [0.05, 0.1) is 0 Å². The molecule has 19 heavy (non-hydrogen) atoms. The van der Waals surface area contributed by atoms with Gasteiger partial charge in [-0.1, -0.05) is 6.07 Å². The molecule has 4 heteroatoms. The Hall–Kier alpha value is -0.620. The Kier molecular flexibility index (Phi) is 5.21. The Labute approximate surface area is 128 Å². The molecule has 0 radical (unpaired) electrons. The van der Waals surface area contributed by atoms with Gasteiger partial charge in [0.25, 0.3) is 5.91 Å². The molecule has 1 saturated carbocycles. The lowest BCUT2D eigenvalue weighted by molar-refractivity contribution is 0.0685. The Morgan fingerprint density at radius 3 is 2.58 bits per heavy atom.